The molecule has 0 atom stereocenters. The minimum absolute atomic E-state index is 0.206. The van der Waals surface area contributed by atoms with Crippen molar-refractivity contribution in [3.8, 4) is 0 Å². The number of amides is 1. The zero-order valence-corrected chi connectivity index (χ0v) is 10.8. The molecule has 0 unspecified atom stereocenters. The van der Waals surface area contributed by atoms with E-state index in [0.29, 0.717) is 6.54 Å². The maximum Gasteiger partial charge on any atom is 0.223 e. The van der Waals surface area contributed by atoms with Gasteiger partial charge in [0, 0.05) is 34.6 Å². The number of H-pyrrole nitrogens is 1. The van der Waals surface area contributed by atoms with Crippen LogP contribution in [0.5, 0.6) is 0 Å². The van der Waals surface area contributed by atoms with Crippen molar-refractivity contribution in [2.75, 3.05) is 6.54 Å². The average Bonchev–Trinajstić information content (AvgIpc) is 3.13. The molecule has 1 saturated carbocycles. The fourth-order valence-corrected chi connectivity index (χ4v) is 2.35. The van der Waals surface area contributed by atoms with E-state index in [-0.39, 0.29) is 11.8 Å². The highest BCUT2D eigenvalue weighted by atomic mass is 35.5. The van der Waals surface area contributed by atoms with Crippen LogP contribution in [0.25, 0.3) is 10.9 Å². The van der Waals surface area contributed by atoms with E-state index < -0.39 is 0 Å². The molecule has 1 heterocycles. The summed E-state index contributed by atoms with van der Waals surface area (Å²) in [7, 11) is 0. The maximum absolute atomic E-state index is 11.5. The van der Waals surface area contributed by atoms with Crippen molar-refractivity contribution in [2.45, 2.75) is 19.3 Å². The number of rotatable bonds is 4. The first-order valence-electron chi connectivity index (χ1n) is 6.27. The van der Waals surface area contributed by atoms with Gasteiger partial charge in [0.05, 0.1) is 0 Å². The van der Waals surface area contributed by atoms with Crippen LogP contribution in [0.4, 0.5) is 0 Å². The molecule has 1 aromatic carbocycles. The van der Waals surface area contributed by atoms with Crippen molar-refractivity contribution in [1.29, 1.82) is 0 Å². The lowest BCUT2D eigenvalue weighted by Crippen LogP contribution is -2.26. The number of nitrogens with one attached hydrogen (secondary N) is 2. The number of halogens is 1. The van der Waals surface area contributed by atoms with Crippen molar-refractivity contribution in [3.63, 3.8) is 0 Å². The summed E-state index contributed by atoms with van der Waals surface area (Å²) in [6, 6.07) is 5.83. The number of carbonyl (C=O) groups is 1. The first-order chi connectivity index (χ1) is 8.74. The third kappa shape index (κ3) is 2.36. The number of hydrogen-bond donors (Lipinski definition) is 2. The second-order valence-corrected chi connectivity index (χ2v) is 5.26. The topological polar surface area (TPSA) is 44.9 Å². The molecule has 18 heavy (non-hydrogen) atoms. The highest BCUT2D eigenvalue weighted by Gasteiger charge is 2.28. The van der Waals surface area contributed by atoms with Gasteiger partial charge in [-0.3, -0.25) is 4.79 Å². The van der Waals surface area contributed by atoms with Crippen molar-refractivity contribution < 1.29 is 4.79 Å². The lowest BCUT2D eigenvalue weighted by Gasteiger charge is -2.03. The highest BCUT2D eigenvalue weighted by molar-refractivity contribution is 6.31. The molecule has 0 spiro atoms. The summed E-state index contributed by atoms with van der Waals surface area (Å²) in [5.41, 5.74) is 2.27. The van der Waals surface area contributed by atoms with E-state index in [1.807, 2.05) is 24.4 Å². The molecule has 0 bridgehead atoms. The van der Waals surface area contributed by atoms with Gasteiger partial charge in [-0.1, -0.05) is 17.7 Å². The monoisotopic (exact) mass is 262 g/mol. The van der Waals surface area contributed by atoms with E-state index in [1.54, 1.807) is 0 Å². The van der Waals surface area contributed by atoms with Crippen LogP contribution < -0.4 is 5.32 Å². The van der Waals surface area contributed by atoms with Gasteiger partial charge in [0.25, 0.3) is 0 Å². The van der Waals surface area contributed by atoms with Crippen LogP contribution in [0, 0.1) is 5.92 Å². The minimum Gasteiger partial charge on any atom is -0.361 e. The second kappa shape index (κ2) is 4.65. The molecule has 0 aliphatic heterocycles. The van der Waals surface area contributed by atoms with Gasteiger partial charge in [0.15, 0.2) is 0 Å². The molecule has 94 valence electrons. The third-order valence-corrected chi connectivity index (χ3v) is 3.61. The van der Waals surface area contributed by atoms with Crippen molar-refractivity contribution in [3.05, 3.63) is 35.0 Å². The molecule has 1 aromatic heterocycles. The fourth-order valence-electron chi connectivity index (χ4n) is 2.18. The van der Waals surface area contributed by atoms with Gasteiger partial charge in [0.2, 0.25) is 5.91 Å². The molecule has 1 fully saturated rings. The summed E-state index contributed by atoms with van der Waals surface area (Å²) in [6.07, 6.45) is 4.94. The smallest absolute Gasteiger partial charge is 0.223 e. The summed E-state index contributed by atoms with van der Waals surface area (Å²) in [6.45, 7) is 0.699. The third-order valence-electron chi connectivity index (χ3n) is 3.37. The number of fused-ring (bicyclic) bond motifs is 1. The van der Waals surface area contributed by atoms with E-state index in [4.69, 9.17) is 11.6 Å². The first-order valence-corrected chi connectivity index (χ1v) is 6.65. The summed E-state index contributed by atoms with van der Waals surface area (Å²) < 4.78 is 0. The number of hydrogen-bond acceptors (Lipinski definition) is 1. The number of carbonyl (C=O) groups excluding carboxylic acids is 1. The van der Waals surface area contributed by atoms with Crippen LogP contribution in [0.3, 0.4) is 0 Å². The molecular formula is C14H15ClN2O. The second-order valence-electron chi connectivity index (χ2n) is 4.82. The Morgan fingerprint density at radius 2 is 2.28 bits per heavy atom. The van der Waals surface area contributed by atoms with Crippen LogP contribution in [-0.2, 0) is 11.2 Å². The molecule has 4 heteroatoms. The molecule has 0 radical (unpaired) electrons. The Hall–Kier alpha value is -1.48. The lowest BCUT2D eigenvalue weighted by molar-refractivity contribution is -0.122. The van der Waals surface area contributed by atoms with E-state index in [1.165, 1.54) is 10.9 Å². The van der Waals surface area contributed by atoms with Crippen molar-refractivity contribution in [1.82, 2.24) is 10.3 Å². The lowest BCUT2D eigenvalue weighted by atomic mass is 10.1. The van der Waals surface area contributed by atoms with E-state index in [0.717, 1.165) is 29.8 Å². The number of aromatic amines is 1. The van der Waals surface area contributed by atoms with Crippen molar-refractivity contribution >= 4 is 28.4 Å². The van der Waals surface area contributed by atoms with Gasteiger partial charge in [-0.25, -0.2) is 0 Å². The summed E-state index contributed by atoms with van der Waals surface area (Å²) in [5, 5.41) is 4.89. The predicted molar refractivity (Wildman–Crippen MR) is 72.7 cm³/mol. The molecule has 1 aliphatic rings. The molecule has 3 rings (SSSR count). The first kappa shape index (κ1) is 11.6. The van der Waals surface area contributed by atoms with Gasteiger partial charge in [-0.05, 0) is 37.0 Å². The summed E-state index contributed by atoms with van der Waals surface area (Å²) >= 11 is 5.94. The van der Waals surface area contributed by atoms with Gasteiger partial charge >= 0.3 is 0 Å². The Labute approximate surface area is 111 Å². The van der Waals surface area contributed by atoms with Crippen LogP contribution in [0.1, 0.15) is 18.4 Å². The quantitative estimate of drug-likeness (QED) is 0.874. The average molecular weight is 263 g/mol. The Balaban J connectivity index is 1.65. The fraction of sp³-hybridized carbons (Fsp3) is 0.357. The van der Waals surface area contributed by atoms with Gasteiger partial charge in [-0.2, -0.15) is 0 Å². The largest absolute Gasteiger partial charge is 0.361 e. The van der Waals surface area contributed by atoms with Crippen LogP contribution in [0.2, 0.25) is 5.02 Å². The Kier molecular flexibility index (Phi) is 3.00. The number of aromatic nitrogens is 1. The SMILES string of the molecule is O=C(NCCc1c[nH]c2cc(Cl)ccc12)C1CC1. The molecule has 2 N–H and O–H groups in total. The molecule has 1 amide bonds. The van der Waals surface area contributed by atoms with E-state index in [9.17, 15) is 4.79 Å². The normalized spacial score (nSPS) is 14.9. The van der Waals surface area contributed by atoms with Crippen LogP contribution >= 0.6 is 11.6 Å². The van der Waals surface area contributed by atoms with E-state index in [2.05, 4.69) is 10.3 Å². The number of benzene rings is 1. The summed E-state index contributed by atoms with van der Waals surface area (Å²) in [4.78, 5) is 14.7. The molecule has 3 nitrogen and oxygen atoms in total. The minimum atomic E-state index is 0.206. The van der Waals surface area contributed by atoms with E-state index >= 15 is 0 Å². The standard InChI is InChI=1S/C14H15ClN2O/c15-11-3-4-12-10(8-17-13(12)7-11)5-6-16-14(18)9-1-2-9/h3-4,7-9,17H,1-2,5-6H2,(H,16,18). The van der Waals surface area contributed by atoms with Crippen LogP contribution in [-0.4, -0.2) is 17.4 Å². The predicted octanol–water partition coefficient (Wildman–Crippen LogP) is 2.89. The van der Waals surface area contributed by atoms with Gasteiger partial charge in [0.1, 0.15) is 0 Å². The molecule has 1 aliphatic carbocycles. The highest BCUT2D eigenvalue weighted by Crippen LogP contribution is 2.28. The molecule has 0 saturated heterocycles. The Bertz CT molecular complexity index is 586. The zero-order chi connectivity index (χ0) is 12.5. The summed E-state index contributed by atoms with van der Waals surface area (Å²) in [5.74, 6) is 0.490. The van der Waals surface area contributed by atoms with Gasteiger partial charge < -0.3 is 10.3 Å². The Morgan fingerprint density at radius 1 is 1.44 bits per heavy atom. The maximum atomic E-state index is 11.5. The van der Waals surface area contributed by atoms with Crippen LogP contribution in [0.15, 0.2) is 24.4 Å². The molecule has 2 aromatic rings. The van der Waals surface area contributed by atoms with Gasteiger partial charge in [-0.15, -0.1) is 0 Å². The Morgan fingerprint density at radius 3 is 3.06 bits per heavy atom. The van der Waals surface area contributed by atoms with Crippen molar-refractivity contribution in [2.24, 2.45) is 5.92 Å². The molecular weight excluding hydrogens is 248 g/mol. The zero-order valence-electron chi connectivity index (χ0n) is 10.0.